The average Bonchev–Trinajstić information content (AvgIpc) is 2.88. The van der Waals surface area contributed by atoms with E-state index in [0.29, 0.717) is 42.6 Å². The zero-order valence-corrected chi connectivity index (χ0v) is 23.8. The third kappa shape index (κ3) is 7.05. The van der Waals surface area contributed by atoms with Gasteiger partial charge in [-0.15, -0.1) is 0 Å². The number of nitrogens with one attached hydrogen (secondary N) is 1. The number of rotatable bonds is 7. The van der Waals surface area contributed by atoms with Crippen LogP contribution in [-0.4, -0.2) is 62.1 Å². The standard InChI is InChI=1S/C27H33ClF3N3O4S/c1-26(2,39(37,38)22-7-5-6-20(16-22)27(29,30)31)19-12-14-34(15-13-19)24(35)17-23(32-25(36)33(3)4)18-8-10-21(28)11-9-18/h5-11,16,19,23H,12-15,17H2,1-4H3,(H,32,36)/t23-/m0/s1. The normalized spacial score (nSPS) is 16.1. The van der Waals surface area contributed by atoms with Crippen LogP contribution in [0.2, 0.25) is 5.02 Å². The van der Waals surface area contributed by atoms with Crippen molar-refractivity contribution in [2.75, 3.05) is 27.2 Å². The van der Waals surface area contributed by atoms with Crippen LogP contribution < -0.4 is 5.32 Å². The molecule has 214 valence electrons. The maximum Gasteiger partial charge on any atom is 0.416 e. The van der Waals surface area contributed by atoms with Crippen molar-refractivity contribution in [2.45, 2.75) is 55.0 Å². The van der Waals surface area contributed by atoms with Gasteiger partial charge < -0.3 is 15.1 Å². The zero-order chi connectivity index (χ0) is 29.2. The van der Waals surface area contributed by atoms with Gasteiger partial charge in [-0.25, -0.2) is 13.2 Å². The van der Waals surface area contributed by atoms with Crippen molar-refractivity contribution in [1.29, 1.82) is 0 Å². The summed E-state index contributed by atoms with van der Waals surface area (Å²) in [7, 11) is -0.919. The smallest absolute Gasteiger partial charge is 0.343 e. The van der Waals surface area contributed by atoms with Gasteiger partial charge in [0.05, 0.1) is 27.7 Å². The number of hydrogen-bond acceptors (Lipinski definition) is 4. The molecule has 0 saturated carbocycles. The molecule has 1 atom stereocenters. The van der Waals surface area contributed by atoms with Crippen LogP contribution in [0.25, 0.3) is 0 Å². The number of likely N-dealkylation sites (tertiary alicyclic amines) is 1. The van der Waals surface area contributed by atoms with E-state index >= 15 is 0 Å². The van der Waals surface area contributed by atoms with Gasteiger partial charge in [0.25, 0.3) is 0 Å². The molecule has 7 nitrogen and oxygen atoms in total. The summed E-state index contributed by atoms with van der Waals surface area (Å²) in [5, 5.41) is 3.37. The van der Waals surface area contributed by atoms with Crippen LogP contribution in [-0.2, 0) is 20.8 Å². The van der Waals surface area contributed by atoms with Crippen LogP contribution in [0.15, 0.2) is 53.4 Å². The number of urea groups is 1. The largest absolute Gasteiger partial charge is 0.416 e. The Morgan fingerprint density at radius 2 is 1.67 bits per heavy atom. The Morgan fingerprint density at radius 1 is 1.08 bits per heavy atom. The van der Waals surface area contributed by atoms with Crippen LogP contribution in [0, 0.1) is 5.92 Å². The number of carbonyl (C=O) groups excluding carboxylic acids is 2. The predicted octanol–water partition coefficient (Wildman–Crippen LogP) is 5.55. The minimum Gasteiger partial charge on any atom is -0.343 e. The number of piperidine rings is 1. The molecule has 0 bridgehead atoms. The molecule has 1 heterocycles. The maximum atomic E-state index is 13.4. The van der Waals surface area contributed by atoms with Gasteiger partial charge in [-0.2, -0.15) is 13.2 Å². The molecular weight excluding hydrogens is 555 g/mol. The van der Waals surface area contributed by atoms with Crippen LogP contribution in [0.3, 0.4) is 0 Å². The number of carbonyl (C=O) groups is 2. The highest BCUT2D eigenvalue weighted by atomic mass is 35.5. The quantitative estimate of drug-likeness (QED) is 0.460. The van der Waals surface area contributed by atoms with E-state index < -0.39 is 32.4 Å². The van der Waals surface area contributed by atoms with Crippen molar-refractivity contribution in [3.05, 3.63) is 64.7 Å². The second-order valence-electron chi connectivity index (χ2n) is 10.4. The van der Waals surface area contributed by atoms with E-state index in [9.17, 15) is 31.2 Å². The second-order valence-corrected chi connectivity index (χ2v) is 13.4. The van der Waals surface area contributed by atoms with Crippen LogP contribution in [0.5, 0.6) is 0 Å². The molecule has 39 heavy (non-hydrogen) atoms. The number of amides is 3. The molecule has 12 heteroatoms. The lowest BCUT2D eigenvalue weighted by Gasteiger charge is -2.40. The zero-order valence-electron chi connectivity index (χ0n) is 22.3. The van der Waals surface area contributed by atoms with Crippen molar-refractivity contribution in [3.63, 3.8) is 0 Å². The van der Waals surface area contributed by atoms with Crippen LogP contribution >= 0.6 is 11.6 Å². The van der Waals surface area contributed by atoms with Gasteiger partial charge in [0.2, 0.25) is 5.91 Å². The fourth-order valence-electron chi connectivity index (χ4n) is 4.72. The summed E-state index contributed by atoms with van der Waals surface area (Å²) in [6, 6.07) is 9.67. The van der Waals surface area contributed by atoms with E-state index in [1.165, 1.54) is 24.8 Å². The van der Waals surface area contributed by atoms with Gasteiger partial charge in [0.15, 0.2) is 9.84 Å². The van der Waals surface area contributed by atoms with Gasteiger partial charge in [-0.1, -0.05) is 29.8 Å². The Bertz CT molecular complexity index is 1290. The average molecular weight is 588 g/mol. The first-order valence-corrected chi connectivity index (χ1v) is 14.3. The van der Waals surface area contributed by atoms with Crippen molar-refractivity contribution in [2.24, 2.45) is 5.92 Å². The third-order valence-corrected chi connectivity index (χ3v) is 10.2. The van der Waals surface area contributed by atoms with E-state index in [4.69, 9.17) is 11.6 Å². The van der Waals surface area contributed by atoms with E-state index in [-0.39, 0.29) is 29.2 Å². The maximum absolute atomic E-state index is 13.4. The van der Waals surface area contributed by atoms with E-state index in [1.54, 1.807) is 43.3 Å². The second kappa shape index (κ2) is 11.8. The summed E-state index contributed by atoms with van der Waals surface area (Å²) in [6.07, 6.45) is -3.92. The summed E-state index contributed by atoms with van der Waals surface area (Å²) in [6.45, 7) is 3.64. The summed E-state index contributed by atoms with van der Waals surface area (Å²) in [5.41, 5.74) is -0.303. The van der Waals surface area contributed by atoms with Gasteiger partial charge in [-0.3, -0.25) is 4.79 Å². The molecule has 2 aromatic rings. The highest BCUT2D eigenvalue weighted by Crippen LogP contribution is 2.39. The molecule has 2 aromatic carbocycles. The summed E-state index contributed by atoms with van der Waals surface area (Å²) in [5.74, 6) is -0.576. The van der Waals surface area contributed by atoms with Gasteiger partial charge in [0, 0.05) is 32.2 Å². The summed E-state index contributed by atoms with van der Waals surface area (Å²) >= 11 is 5.99. The lowest BCUT2D eigenvalue weighted by Crippen LogP contribution is -2.48. The molecule has 0 spiro atoms. The molecule has 0 aliphatic carbocycles. The fourth-order valence-corrected chi connectivity index (χ4v) is 6.66. The Balaban J connectivity index is 1.71. The first-order chi connectivity index (χ1) is 18.0. The molecular formula is C27H33ClF3N3O4S. The molecule has 3 rings (SSSR count). The number of halogens is 4. The predicted molar refractivity (Wildman–Crippen MR) is 143 cm³/mol. The first-order valence-electron chi connectivity index (χ1n) is 12.5. The van der Waals surface area contributed by atoms with Gasteiger partial charge in [-0.05, 0) is 68.5 Å². The lowest BCUT2D eigenvalue weighted by molar-refractivity contribution is -0.137. The number of nitrogens with zero attached hydrogens (tertiary/aromatic N) is 2. The van der Waals surface area contributed by atoms with E-state index in [0.717, 1.165) is 12.1 Å². The topological polar surface area (TPSA) is 86.8 Å². The highest BCUT2D eigenvalue weighted by Gasteiger charge is 2.45. The van der Waals surface area contributed by atoms with E-state index in [2.05, 4.69) is 5.32 Å². The van der Waals surface area contributed by atoms with Crippen molar-refractivity contribution in [1.82, 2.24) is 15.1 Å². The summed E-state index contributed by atoms with van der Waals surface area (Å²) < 4.78 is 65.1. The monoisotopic (exact) mass is 587 g/mol. The van der Waals surface area contributed by atoms with Crippen molar-refractivity contribution >= 4 is 33.4 Å². The molecule has 3 amide bonds. The minimum atomic E-state index is -4.66. The number of alkyl halides is 3. The number of benzene rings is 2. The van der Waals surface area contributed by atoms with Gasteiger partial charge >= 0.3 is 12.2 Å². The van der Waals surface area contributed by atoms with E-state index in [1.807, 2.05) is 0 Å². The third-order valence-electron chi connectivity index (χ3n) is 7.35. The molecule has 1 aliphatic rings. The Morgan fingerprint density at radius 3 is 2.21 bits per heavy atom. The highest BCUT2D eigenvalue weighted by molar-refractivity contribution is 7.92. The lowest BCUT2D eigenvalue weighted by atomic mass is 9.85. The van der Waals surface area contributed by atoms with Gasteiger partial charge in [0.1, 0.15) is 0 Å². The SMILES string of the molecule is CN(C)C(=O)N[C@@H](CC(=O)N1CCC(C(C)(C)S(=O)(=O)c2cccc(C(F)(F)F)c2)CC1)c1ccc(Cl)cc1. The molecule has 0 unspecified atom stereocenters. The molecule has 1 fully saturated rings. The van der Waals surface area contributed by atoms with Crippen LogP contribution in [0.4, 0.5) is 18.0 Å². The first kappa shape index (κ1) is 30.7. The molecule has 1 aliphatic heterocycles. The molecule has 1 N–H and O–H groups in total. The number of sulfone groups is 1. The molecule has 0 aromatic heterocycles. The fraction of sp³-hybridized carbons (Fsp3) is 0.481. The summed E-state index contributed by atoms with van der Waals surface area (Å²) in [4.78, 5) is 28.2. The Kier molecular flexibility index (Phi) is 9.27. The van der Waals surface area contributed by atoms with Crippen molar-refractivity contribution in [3.8, 4) is 0 Å². The van der Waals surface area contributed by atoms with Crippen LogP contribution in [0.1, 0.15) is 50.3 Å². The molecule has 1 saturated heterocycles. The minimum absolute atomic E-state index is 0.00218. The number of hydrogen-bond donors (Lipinski definition) is 1. The Labute approximate surface area is 232 Å². The Hall–Kier alpha value is -2.79. The molecule has 0 radical (unpaired) electrons. The van der Waals surface area contributed by atoms with Crippen molar-refractivity contribution < 1.29 is 31.2 Å².